The van der Waals surface area contributed by atoms with Gasteiger partial charge in [-0.25, -0.2) is 9.80 Å². The molecule has 2 heterocycles. The third-order valence-corrected chi connectivity index (χ3v) is 10.00. The molecule has 0 spiro atoms. The molecule has 3 aromatic rings. The first kappa shape index (κ1) is 31.4. The quantitative estimate of drug-likeness (QED) is 0.159. The van der Waals surface area contributed by atoms with E-state index in [1.807, 2.05) is 6.08 Å². The number of benzene rings is 3. The second-order valence-electron chi connectivity index (χ2n) is 12.4. The predicted molar refractivity (Wildman–Crippen MR) is 173 cm³/mol. The molecule has 0 radical (unpaired) electrons. The fourth-order valence-electron chi connectivity index (χ4n) is 7.86. The summed E-state index contributed by atoms with van der Waals surface area (Å²) in [4.78, 5) is 79.8. The topological polar surface area (TPSA) is 190 Å². The fraction of sp³-hybridized carbons (Fsp3) is 0.257. The van der Waals surface area contributed by atoms with Crippen molar-refractivity contribution < 1.29 is 38.9 Å². The molecule has 2 aliphatic carbocycles. The minimum absolute atomic E-state index is 0.0587. The van der Waals surface area contributed by atoms with Crippen molar-refractivity contribution in [1.82, 2.24) is 0 Å². The number of nitrogens with zero attached hydrogens (tertiary/aromatic N) is 4. The summed E-state index contributed by atoms with van der Waals surface area (Å²) < 4.78 is 5.23. The van der Waals surface area contributed by atoms with E-state index in [4.69, 9.17) is 4.74 Å². The maximum Gasteiger partial charge on any atom is 0.271 e. The Morgan fingerprint density at radius 2 is 1.37 bits per heavy atom. The number of imide groups is 2. The van der Waals surface area contributed by atoms with Crippen LogP contribution < -0.4 is 14.5 Å². The molecule has 2 saturated heterocycles. The third-order valence-electron chi connectivity index (χ3n) is 10.00. The van der Waals surface area contributed by atoms with E-state index in [1.54, 1.807) is 24.3 Å². The van der Waals surface area contributed by atoms with Gasteiger partial charge in [0.25, 0.3) is 11.4 Å². The van der Waals surface area contributed by atoms with Crippen molar-refractivity contribution in [2.24, 2.45) is 35.5 Å². The minimum Gasteiger partial charge on any atom is -0.504 e. The van der Waals surface area contributed by atoms with Crippen LogP contribution in [0.25, 0.3) is 6.08 Å². The molecule has 49 heavy (non-hydrogen) atoms. The van der Waals surface area contributed by atoms with Crippen molar-refractivity contribution >= 4 is 52.5 Å². The maximum atomic E-state index is 14.2. The van der Waals surface area contributed by atoms with E-state index in [0.717, 1.165) is 9.80 Å². The summed E-state index contributed by atoms with van der Waals surface area (Å²) in [5, 5.41) is 33.0. The first-order valence-electron chi connectivity index (χ1n) is 15.5. The molecule has 0 aromatic heterocycles. The summed E-state index contributed by atoms with van der Waals surface area (Å²) in [6, 6.07) is 15.3. The van der Waals surface area contributed by atoms with Crippen molar-refractivity contribution in [3.05, 3.63) is 110 Å². The van der Waals surface area contributed by atoms with E-state index < -0.39 is 69.0 Å². The number of aromatic hydroxyl groups is 1. The molecule has 14 nitrogen and oxygen atoms in total. The lowest BCUT2D eigenvalue weighted by atomic mass is 9.58. The molecule has 4 amide bonds. The summed E-state index contributed by atoms with van der Waals surface area (Å²) in [7, 11) is 1.41. The number of anilines is 2. The highest BCUT2D eigenvalue weighted by atomic mass is 16.6. The van der Waals surface area contributed by atoms with Crippen LogP contribution in [0.2, 0.25) is 0 Å². The van der Waals surface area contributed by atoms with Crippen molar-refractivity contribution in [3.8, 4) is 11.5 Å². The Balaban J connectivity index is 1.30. The standard InChI is InChI=1S/C35H28N4O10/c1-49-29-14-18(9-13-28(29)40)8-10-24-23-11-12-25-31(35(44)36(32(25)41)19-4-2-6-21(15-19)38(45)46)26(23)17-27-30(24)34(43)37(33(27)42)20-5-3-7-22(16-20)39(47)48/h2-11,13-16,24-27,30-31,40H,12,17H2,1H3. The SMILES string of the molecule is COc1cc(C=CC2C3=CCC4C(=O)N(c5cccc([N+](=O)[O-])c5)C(=O)C4C3CC3C(=O)N(c4cccc([N+](=O)[O-])c4)C(=O)C23)ccc1O. The number of fused-ring (bicyclic) bond motifs is 4. The van der Waals surface area contributed by atoms with E-state index in [0.29, 0.717) is 11.1 Å². The average Bonchev–Trinajstić information content (AvgIpc) is 3.50. The van der Waals surface area contributed by atoms with Gasteiger partial charge in [-0.3, -0.25) is 39.4 Å². The van der Waals surface area contributed by atoms with E-state index in [1.165, 1.54) is 61.7 Å². The summed E-state index contributed by atoms with van der Waals surface area (Å²) in [6.07, 6.45) is 5.60. The van der Waals surface area contributed by atoms with Gasteiger partial charge in [0.1, 0.15) is 0 Å². The Kier molecular flexibility index (Phi) is 7.57. The predicted octanol–water partition coefficient (Wildman–Crippen LogP) is 4.81. The highest BCUT2D eigenvalue weighted by molar-refractivity contribution is 6.24. The second kappa shape index (κ2) is 11.8. The Morgan fingerprint density at radius 3 is 1.96 bits per heavy atom. The van der Waals surface area contributed by atoms with Crippen LogP contribution in [0.3, 0.4) is 0 Å². The third kappa shape index (κ3) is 5.03. The van der Waals surface area contributed by atoms with Crippen LogP contribution in [0.15, 0.2) is 84.5 Å². The molecular formula is C35H28N4O10. The normalized spacial score (nSPS) is 26.0. The van der Waals surface area contributed by atoms with Gasteiger partial charge in [-0.1, -0.05) is 42.0 Å². The molecule has 1 N–H and O–H groups in total. The lowest BCUT2D eigenvalue weighted by Gasteiger charge is -2.42. The Morgan fingerprint density at radius 1 is 0.776 bits per heavy atom. The summed E-state index contributed by atoms with van der Waals surface area (Å²) >= 11 is 0. The average molecular weight is 665 g/mol. The lowest BCUT2D eigenvalue weighted by Crippen LogP contribution is -2.43. The van der Waals surface area contributed by atoms with Crippen molar-refractivity contribution in [2.45, 2.75) is 12.8 Å². The van der Waals surface area contributed by atoms with Gasteiger partial charge >= 0.3 is 0 Å². The molecule has 3 aromatic carbocycles. The highest BCUT2D eigenvalue weighted by Crippen LogP contribution is 2.56. The zero-order chi connectivity index (χ0) is 34.7. The van der Waals surface area contributed by atoms with Crippen molar-refractivity contribution in [3.63, 3.8) is 0 Å². The highest BCUT2D eigenvalue weighted by Gasteiger charge is 2.61. The van der Waals surface area contributed by atoms with Crippen LogP contribution in [-0.2, 0) is 19.2 Å². The number of allylic oxidation sites excluding steroid dienone is 3. The maximum absolute atomic E-state index is 14.2. The van der Waals surface area contributed by atoms with Gasteiger partial charge in [0.05, 0.1) is 52.0 Å². The summed E-state index contributed by atoms with van der Waals surface area (Å²) in [5.41, 5.74) is 0.910. The molecule has 0 bridgehead atoms. The molecular weight excluding hydrogens is 636 g/mol. The number of carbonyl (C=O) groups excluding carboxylic acids is 4. The number of hydrogen-bond donors (Lipinski definition) is 1. The molecule has 7 rings (SSSR count). The van der Waals surface area contributed by atoms with Gasteiger partial charge in [-0.05, 0) is 48.6 Å². The molecule has 3 fully saturated rings. The molecule has 4 aliphatic rings. The number of phenolic OH excluding ortho intramolecular Hbond substituents is 1. The van der Waals surface area contributed by atoms with Gasteiger partial charge in [0, 0.05) is 30.2 Å². The van der Waals surface area contributed by atoms with E-state index >= 15 is 0 Å². The minimum atomic E-state index is -0.911. The number of phenols is 1. The number of carbonyl (C=O) groups is 4. The number of amides is 4. The van der Waals surface area contributed by atoms with Gasteiger partial charge in [0.2, 0.25) is 23.6 Å². The molecule has 1 saturated carbocycles. The zero-order valence-electron chi connectivity index (χ0n) is 25.9. The van der Waals surface area contributed by atoms with Crippen LogP contribution in [0.5, 0.6) is 11.5 Å². The van der Waals surface area contributed by atoms with Crippen LogP contribution in [-0.4, -0.2) is 45.7 Å². The molecule has 248 valence electrons. The summed E-state index contributed by atoms with van der Waals surface area (Å²) in [5.74, 6) is -6.77. The number of nitro groups is 2. The van der Waals surface area contributed by atoms with Crippen LogP contribution in [0.4, 0.5) is 22.7 Å². The number of methoxy groups -OCH3 is 1. The molecule has 6 atom stereocenters. The number of nitro benzene ring substituents is 2. The van der Waals surface area contributed by atoms with Gasteiger partial charge in [0.15, 0.2) is 11.5 Å². The number of rotatable bonds is 7. The van der Waals surface area contributed by atoms with Gasteiger partial charge < -0.3 is 9.84 Å². The number of hydrogen-bond acceptors (Lipinski definition) is 10. The zero-order valence-corrected chi connectivity index (χ0v) is 25.9. The first-order chi connectivity index (χ1) is 23.5. The molecule has 2 aliphatic heterocycles. The Hall–Kier alpha value is -6.18. The van der Waals surface area contributed by atoms with E-state index in [-0.39, 0.29) is 47.1 Å². The first-order valence-corrected chi connectivity index (χ1v) is 15.5. The lowest BCUT2D eigenvalue weighted by molar-refractivity contribution is -0.385. The second-order valence-corrected chi connectivity index (χ2v) is 12.4. The van der Waals surface area contributed by atoms with E-state index in [9.17, 15) is 44.5 Å². The Labute approximate surface area is 278 Å². The van der Waals surface area contributed by atoms with Gasteiger partial charge in [-0.2, -0.15) is 0 Å². The smallest absolute Gasteiger partial charge is 0.271 e. The number of ether oxygens (including phenoxy) is 1. The monoisotopic (exact) mass is 664 g/mol. The van der Waals surface area contributed by atoms with Crippen LogP contribution in [0, 0.1) is 55.7 Å². The molecule has 14 heteroatoms. The summed E-state index contributed by atoms with van der Waals surface area (Å²) in [6.45, 7) is 0. The number of non-ortho nitro benzene ring substituents is 2. The Bertz CT molecular complexity index is 2040. The van der Waals surface area contributed by atoms with E-state index in [2.05, 4.69) is 0 Å². The molecule has 6 unspecified atom stereocenters. The van der Waals surface area contributed by atoms with Crippen molar-refractivity contribution in [2.75, 3.05) is 16.9 Å². The van der Waals surface area contributed by atoms with Crippen LogP contribution >= 0.6 is 0 Å². The largest absolute Gasteiger partial charge is 0.504 e. The fourth-order valence-corrected chi connectivity index (χ4v) is 7.86. The van der Waals surface area contributed by atoms with Gasteiger partial charge in [-0.15, -0.1) is 0 Å². The van der Waals surface area contributed by atoms with Crippen molar-refractivity contribution in [1.29, 1.82) is 0 Å². The van der Waals surface area contributed by atoms with Crippen LogP contribution in [0.1, 0.15) is 18.4 Å².